The van der Waals surface area contributed by atoms with Crippen LogP contribution >= 0.6 is 11.3 Å². The van der Waals surface area contributed by atoms with E-state index >= 15 is 0 Å². The number of hydrogen-bond donors (Lipinski definition) is 2. The first-order valence-electron chi connectivity index (χ1n) is 10.3. The number of thiazole rings is 1. The van der Waals surface area contributed by atoms with Crippen LogP contribution in [-0.4, -0.2) is 34.9 Å². The molecule has 0 unspecified atom stereocenters. The number of benzene rings is 2. The number of fused-ring (bicyclic) bond motifs is 1. The highest BCUT2D eigenvalue weighted by Crippen LogP contribution is 2.31. The second-order valence-electron chi connectivity index (χ2n) is 7.48. The van der Waals surface area contributed by atoms with E-state index in [0.717, 1.165) is 41.9 Å². The van der Waals surface area contributed by atoms with Crippen LogP contribution in [0.25, 0.3) is 10.2 Å². The van der Waals surface area contributed by atoms with Crippen molar-refractivity contribution in [2.45, 2.75) is 38.1 Å². The van der Waals surface area contributed by atoms with E-state index in [2.05, 4.69) is 38.4 Å². The summed E-state index contributed by atoms with van der Waals surface area (Å²) in [6.45, 7) is 2.00. The van der Waals surface area contributed by atoms with E-state index in [9.17, 15) is 0 Å². The van der Waals surface area contributed by atoms with Gasteiger partial charge in [-0.2, -0.15) is 0 Å². The zero-order valence-electron chi connectivity index (χ0n) is 16.8. The molecule has 0 radical (unpaired) electrons. The van der Waals surface area contributed by atoms with Gasteiger partial charge in [-0.3, -0.25) is 5.41 Å². The molecule has 0 spiro atoms. The molecular formula is C22H26N6OS. The Morgan fingerprint density at radius 2 is 1.97 bits per heavy atom. The molecule has 3 aromatic rings. The molecule has 1 saturated carbocycles. The lowest BCUT2D eigenvalue weighted by Crippen LogP contribution is -2.29. The molecule has 1 fully saturated rings. The van der Waals surface area contributed by atoms with Crippen molar-refractivity contribution >= 4 is 27.4 Å². The summed E-state index contributed by atoms with van der Waals surface area (Å²) >= 11 is 1.56. The average Bonchev–Trinajstić information content (AvgIpc) is 3.51. The third-order valence-corrected chi connectivity index (χ3v) is 6.11. The molecule has 0 amide bonds. The van der Waals surface area contributed by atoms with E-state index in [1.807, 2.05) is 30.3 Å². The first-order valence-corrected chi connectivity index (χ1v) is 11.1. The maximum Gasteiger partial charge on any atom is 0.279 e. The molecule has 0 atom stereocenters. The van der Waals surface area contributed by atoms with Gasteiger partial charge in [0.2, 0.25) is 0 Å². The van der Waals surface area contributed by atoms with Crippen molar-refractivity contribution in [3.8, 4) is 10.9 Å². The summed E-state index contributed by atoms with van der Waals surface area (Å²) in [6.07, 6.45) is 5.06. The van der Waals surface area contributed by atoms with E-state index in [1.165, 1.54) is 18.4 Å². The molecule has 0 aliphatic heterocycles. The lowest BCUT2D eigenvalue weighted by molar-refractivity contribution is 0.265. The Labute approximate surface area is 180 Å². The molecule has 3 N–H and O–H groups in total. The summed E-state index contributed by atoms with van der Waals surface area (Å²) in [5, 5.41) is 15.1. The fourth-order valence-electron chi connectivity index (χ4n) is 3.48. The van der Waals surface area contributed by atoms with Gasteiger partial charge in [0.05, 0.1) is 10.2 Å². The molecule has 156 valence electrons. The zero-order chi connectivity index (χ0) is 20.8. The quantitative estimate of drug-likeness (QED) is 0.155. The van der Waals surface area contributed by atoms with Gasteiger partial charge in [-0.15, -0.1) is 5.11 Å². The number of amidine groups is 1. The molecule has 30 heavy (non-hydrogen) atoms. The molecular weight excluding hydrogens is 396 g/mol. The predicted octanol–water partition coefficient (Wildman–Crippen LogP) is 5.18. The molecule has 8 heteroatoms. The van der Waals surface area contributed by atoms with Crippen molar-refractivity contribution in [1.29, 1.82) is 5.41 Å². The smallest absolute Gasteiger partial charge is 0.279 e. The van der Waals surface area contributed by atoms with Crippen molar-refractivity contribution < 1.29 is 4.74 Å². The molecule has 1 aliphatic carbocycles. The number of nitrogens with zero attached hydrogens (tertiary/aromatic N) is 4. The second kappa shape index (κ2) is 9.77. The van der Waals surface area contributed by atoms with Crippen molar-refractivity contribution in [3.63, 3.8) is 0 Å². The van der Waals surface area contributed by atoms with E-state index in [4.69, 9.17) is 16.0 Å². The summed E-state index contributed by atoms with van der Waals surface area (Å²) in [7, 11) is 0. The third-order valence-electron chi connectivity index (χ3n) is 5.19. The Bertz CT molecular complexity index is 979. The van der Waals surface area contributed by atoms with Gasteiger partial charge in [-0.25, -0.2) is 4.98 Å². The molecule has 2 aromatic carbocycles. The summed E-state index contributed by atoms with van der Waals surface area (Å²) in [4.78, 5) is 7.05. The Kier molecular flexibility index (Phi) is 6.66. The van der Waals surface area contributed by atoms with E-state index in [1.54, 1.807) is 11.3 Å². The number of nitrogens with one attached hydrogen (secondary N) is 1. The zero-order valence-corrected chi connectivity index (χ0v) is 17.6. The highest BCUT2D eigenvalue weighted by molar-refractivity contribution is 7.20. The van der Waals surface area contributed by atoms with Crippen LogP contribution in [0.15, 0.2) is 58.9 Å². The molecule has 4 rings (SSSR count). The van der Waals surface area contributed by atoms with Gasteiger partial charge in [0.1, 0.15) is 11.6 Å². The lowest BCUT2D eigenvalue weighted by atomic mass is 10.1. The number of aromatic nitrogens is 1. The van der Waals surface area contributed by atoms with Crippen LogP contribution in [0, 0.1) is 5.41 Å². The molecule has 1 heterocycles. The molecule has 0 bridgehead atoms. The van der Waals surface area contributed by atoms with Gasteiger partial charge < -0.3 is 15.5 Å². The van der Waals surface area contributed by atoms with Gasteiger partial charge in [0.15, 0.2) is 0 Å². The fourth-order valence-corrected chi connectivity index (χ4v) is 4.31. The van der Waals surface area contributed by atoms with E-state index in [-0.39, 0.29) is 5.84 Å². The molecule has 1 aromatic heterocycles. The minimum Gasteiger partial charge on any atom is -0.431 e. The van der Waals surface area contributed by atoms with Crippen LogP contribution in [0.3, 0.4) is 0 Å². The van der Waals surface area contributed by atoms with Crippen LogP contribution in [-0.2, 0) is 6.42 Å². The number of hydrogen-bond acceptors (Lipinski definition) is 6. The maximum atomic E-state index is 7.65. The number of rotatable bonds is 10. The molecule has 1 aliphatic rings. The fraction of sp³-hybridized carbons (Fsp3) is 0.364. The van der Waals surface area contributed by atoms with Crippen molar-refractivity contribution in [2.75, 3.05) is 13.1 Å². The van der Waals surface area contributed by atoms with Crippen molar-refractivity contribution in [3.05, 3.63) is 54.1 Å². The minimum absolute atomic E-state index is 0.247. The van der Waals surface area contributed by atoms with Gasteiger partial charge >= 0.3 is 0 Å². The number of ether oxygens (including phenoxy) is 1. The normalized spacial score (nSPS) is 14.0. The second-order valence-corrected chi connectivity index (χ2v) is 8.47. The van der Waals surface area contributed by atoms with E-state index in [0.29, 0.717) is 17.7 Å². The Hall–Kier alpha value is -2.84. The van der Waals surface area contributed by atoms with E-state index < -0.39 is 0 Å². The maximum absolute atomic E-state index is 7.65. The van der Waals surface area contributed by atoms with Crippen LogP contribution in [0.2, 0.25) is 0 Å². The summed E-state index contributed by atoms with van der Waals surface area (Å²) < 4.78 is 7.07. The standard InChI is InChI=1S/C22H26N6OS/c23-21(26-27-24)6-3-14-28(17-9-10-17)15-13-16-7-11-18(12-8-16)29-22-25-19-4-1-2-5-20(19)30-22/h1-2,4-5,7-8,11-12,17H,3,6,9-10,13-15H2,(H3,23,24,26). The predicted molar refractivity (Wildman–Crippen MR) is 120 cm³/mol. The van der Waals surface area contributed by atoms with Crippen LogP contribution < -0.4 is 10.6 Å². The topological polar surface area (TPSA) is 100.0 Å². The van der Waals surface area contributed by atoms with Crippen LogP contribution in [0.4, 0.5) is 0 Å². The Morgan fingerprint density at radius 3 is 2.70 bits per heavy atom. The lowest BCUT2D eigenvalue weighted by Gasteiger charge is -2.21. The minimum atomic E-state index is 0.247. The summed E-state index contributed by atoms with van der Waals surface area (Å²) in [6, 6.07) is 17.0. The molecule has 0 saturated heterocycles. The highest BCUT2D eigenvalue weighted by Gasteiger charge is 2.28. The van der Waals surface area contributed by atoms with Crippen molar-refractivity contribution in [1.82, 2.24) is 9.88 Å². The van der Waals surface area contributed by atoms with Gasteiger partial charge in [-0.1, -0.05) is 40.8 Å². The molecule has 7 nitrogen and oxygen atoms in total. The monoisotopic (exact) mass is 422 g/mol. The number of para-hydroxylation sites is 1. The Balaban J connectivity index is 1.27. The van der Waals surface area contributed by atoms with Gasteiger partial charge in [0.25, 0.3) is 5.19 Å². The summed E-state index contributed by atoms with van der Waals surface area (Å²) in [5.74, 6) is 6.05. The average molecular weight is 423 g/mol. The first-order chi connectivity index (χ1) is 14.7. The first kappa shape index (κ1) is 20.4. The largest absolute Gasteiger partial charge is 0.431 e. The third kappa shape index (κ3) is 5.61. The van der Waals surface area contributed by atoms with Crippen molar-refractivity contribution in [2.24, 2.45) is 16.2 Å². The summed E-state index contributed by atoms with van der Waals surface area (Å²) in [5.41, 5.74) is 2.26. The van der Waals surface area contributed by atoms with Gasteiger partial charge in [0, 0.05) is 19.0 Å². The van der Waals surface area contributed by atoms with Crippen LogP contribution in [0.5, 0.6) is 10.9 Å². The number of nitrogens with two attached hydrogens (primary N) is 1. The van der Waals surface area contributed by atoms with Crippen LogP contribution in [0.1, 0.15) is 31.2 Å². The Morgan fingerprint density at radius 1 is 1.17 bits per heavy atom. The van der Waals surface area contributed by atoms with Gasteiger partial charge in [-0.05, 0) is 62.1 Å². The highest BCUT2D eigenvalue weighted by atomic mass is 32.1. The SMILES string of the molecule is N=C(CCCN(CCc1ccc(Oc2nc3ccccc3s2)cc1)C1CC1)N=NN.